The Kier molecular flexibility index (Phi) is 5.36. The maximum atomic E-state index is 11.3. The predicted molar refractivity (Wildman–Crippen MR) is 62.0 cm³/mol. The molecule has 0 unspecified atom stereocenters. The highest BCUT2D eigenvalue weighted by molar-refractivity contribution is 5.91. The molecule has 0 spiro atoms. The molecule has 0 radical (unpaired) electrons. The van der Waals surface area contributed by atoms with Gasteiger partial charge in [0.15, 0.2) is 0 Å². The molecule has 1 heterocycles. The van der Waals surface area contributed by atoms with Crippen LogP contribution in [0.4, 0.5) is 0 Å². The molecule has 1 aromatic heterocycles. The zero-order valence-corrected chi connectivity index (χ0v) is 9.66. The smallest absolute Gasteiger partial charge is 0.244 e. The lowest BCUT2D eigenvalue weighted by Gasteiger charge is -2.00. The van der Waals surface area contributed by atoms with Crippen LogP contribution in [0.25, 0.3) is 6.08 Å². The van der Waals surface area contributed by atoms with E-state index in [0.717, 1.165) is 12.2 Å². The van der Waals surface area contributed by atoms with Gasteiger partial charge >= 0.3 is 0 Å². The Morgan fingerprint density at radius 3 is 3.00 bits per heavy atom. The van der Waals surface area contributed by atoms with E-state index in [1.165, 1.54) is 6.08 Å². The number of furan rings is 1. The van der Waals surface area contributed by atoms with E-state index in [4.69, 9.17) is 9.15 Å². The van der Waals surface area contributed by atoms with Gasteiger partial charge in [0.2, 0.25) is 5.91 Å². The highest BCUT2D eigenvalue weighted by Gasteiger charge is 1.96. The Morgan fingerprint density at radius 2 is 2.38 bits per heavy atom. The summed E-state index contributed by atoms with van der Waals surface area (Å²) in [5.74, 6) is 1.40. The SMILES string of the molecule is COCCCNC(=O)C=Cc1ccc(C)o1. The molecule has 0 bridgehead atoms. The van der Waals surface area contributed by atoms with Crippen LogP contribution in [0.5, 0.6) is 0 Å². The molecule has 88 valence electrons. The van der Waals surface area contributed by atoms with E-state index >= 15 is 0 Å². The van der Waals surface area contributed by atoms with Crippen LogP contribution in [-0.2, 0) is 9.53 Å². The molecule has 0 aliphatic heterocycles. The minimum Gasteiger partial charge on any atom is -0.462 e. The van der Waals surface area contributed by atoms with Gasteiger partial charge in [-0.05, 0) is 31.6 Å². The van der Waals surface area contributed by atoms with Crippen molar-refractivity contribution in [2.24, 2.45) is 0 Å². The van der Waals surface area contributed by atoms with Gasteiger partial charge in [-0.2, -0.15) is 0 Å². The minimum atomic E-state index is -0.120. The summed E-state index contributed by atoms with van der Waals surface area (Å²) in [4.78, 5) is 11.3. The molecule has 4 nitrogen and oxygen atoms in total. The Balaban J connectivity index is 2.26. The quantitative estimate of drug-likeness (QED) is 0.590. The molecule has 1 N–H and O–H groups in total. The fourth-order valence-corrected chi connectivity index (χ4v) is 1.19. The molecule has 0 aromatic carbocycles. The molecule has 16 heavy (non-hydrogen) atoms. The molecule has 0 saturated heterocycles. The first-order valence-electron chi connectivity index (χ1n) is 5.23. The van der Waals surface area contributed by atoms with Crippen molar-refractivity contribution < 1.29 is 13.9 Å². The summed E-state index contributed by atoms with van der Waals surface area (Å²) in [5.41, 5.74) is 0. The highest BCUT2D eigenvalue weighted by atomic mass is 16.5. The average molecular weight is 223 g/mol. The Morgan fingerprint density at radius 1 is 1.56 bits per heavy atom. The fourth-order valence-electron chi connectivity index (χ4n) is 1.19. The first-order chi connectivity index (χ1) is 7.72. The number of carbonyl (C=O) groups excluding carboxylic acids is 1. The van der Waals surface area contributed by atoms with E-state index in [0.29, 0.717) is 18.9 Å². The van der Waals surface area contributed by atoms with E-state index in [1.807, 2.05) is 19.1 Å². The van der Waals surface area contributed by atoms with Gasteiger partial charge < -0.3 is 14.5 Å². The summed E-state index contributed by atoms with van der Waals surface area (Å²) in [6, 6.07) is 3.68. The maximum absolute atomic E-state index is 11.3. The number of ether oxygens (including phenoxy) is 1. The van der Waals surface area contributed by atoms with Gasteiger partial charge in [0.25, 0.3) is 0 Å². The Labute approximate surface area is 95.3 Å². The number of hydrogen-bond donors (Lipinski definition) is 1. The van der Waals surface area contributed by atoms with Crippen LogP contribution in [0.15, 0.2) is 22.6 Å². The number of nitrogens with one attached hydrogen (secondary N) is 1. The van der Waals surface area contributed by atoms with Crippen molar-refractivity contribution in [2.75, 3.05) is 20.3 Å². The summed E-state index contributed by atoms with van der Waals surface area (Å²) in [7, 11) is 1.64. The van der Waals surface area contributed by atoms with E-state index in [9.17, 15) is 4.79 Å². The fraction of sp³-hybridized carbons (Fsp3) is 0.417. The molecule has 4 heteroatoms. The van der Waals surface area contributed by atoms with Crippen LogP contribution < -0.4 is 5.32 Å². The van der Waals surface area contributed by atoms with Crippen molar-refractivity contribution in [3.05, 3.63) is 29.7 Å². The number of hydrogen-bond acceptors (Lipinski definition) is 3. The standard InChI is InChI=1S/C12H17NO3/c1-10-4-5-11(16-10)6-7-12(14)13-8-3-9-15-2/h4-7H,3,8-9H2,1-2H3,(H,13,14). The lowest BCUT2D eigenvalue weighted by atomic mass is 10.3. The van der Waals surface area contributed by atoms with Gasteiger partial charge in [-0.25, -0.2) is 0 Å². The monoisotopic (exact) mass is 223 g/mol. The number of carbonyl (C=O) groups is 1. The van der Waals surface area contributed by atoms with E-state index in [-0.39, 0.29) is 5.91 Å². The van der Waals surface area contributed by atoms with Crippen LogP contribution in [0.1, 0.15) is 17.9 Å². The first kappa shape index (κ1) is 12.5. The molecule has 0 fully saturated rings. The molecule has 1 rings (SSSR count). The van der Waals surface area contributed by atoms with Crippen molar-refractivity contribution in [2.45, 2.75) is 13.3 Å². The third-order valence-electron chi connectivity index (χ3n) is 1.98. The van der Waals surface area contributed by atoms with Gasteiger partial charge in [0.05, 0.1) is 0 Å². The summed E-state index contributed by atoms with van der Waals surface area (Å²) < 4.78 is 10.2. The van der Waals surface area contributed by atoms with E-state index in [1.54, 1.807) is 13.2 Å². The molecule has 1 aromatic rings. The van der Waals surface area contributed by atoms with Gasteiger partial charge in [-0.15, -0.1) is 0 Å². The van der Waals surface area contributed by atoms with Crippen molar-refractivity contribution in [1.29, 1.82) is 0 Å². The van der Waals surface area contributed by atoms with E-state index < -0.39 is 0 Å². The van der Waals surface area contributed by atoms with Crippen molar-refractivity contribution >= 4 is 12.0 Å². The Bertz CT molecular complexity index is 355. The second-order valence-electron chi connectivity index (χ2n) is 3.42. The highest BCUT2D eigenvalue weighted by Crippen LogP contribution is 2.07. The zero-order valence-electron chi connectivity index (χ0n) is 9.66. The number of rotatable bonds is 6. The third kappa shape index (κ3) is 4.79. The summed E-state index contributed by atoms with van der Waals surface area (Å²) >= 11 is 0. The van der Waals surface area contributed by atoms with Crippen molar-refractivity contribution in [3.63, 3.8) is 0 Å². The minimum absolute atomic E-state index is 0.120. The number of aryl methyl sites for hydroxylation is 1. The second-order valence-corrected chi connectivity index (χ2v) is 3.42. The largest absolute Gasteiger partial charge is 0.462 e. The number of methoxy groups -OCH3 is 1. The number of amides is 1. The van der Waals surface area contributed by atoms with Gasteiger partial charge in [0.1, 0.15) is 11.5 Å². The summed E-state index contributed by atoms with van der Waals surface area (Å²) in [6.45, 7) is 3.14. The Hall–Kier alpha value is -1.55. The summed E-state index contributed by atoms with van der Waals surface area (Å²) in [5, 5.41) is 2.75. The van der Waals surface area contributed by atoms with Crippen LogP contribution in [0.2, 0.25) is 0 Å². The average Bonchev–Trinajstić information content (AvgIpc) is 2.68. The molecule has 0 saturated carbocycles. The molecule has 1 amide bonds. The maximum Gasteiger partial charge on any atom is 0.244 e. The first-order valence-corrected chi connectivity index (χ1v) is 5.23. The van der Waals surface area contributed by atoms with Gasteiger partial charge in [0, 0.05) is 26.3 Å². The molecular formula is C12H17NO3. The van der Waals surface area contributed by atoms with Gasteiger partial charge in [-0.1, -0.05) is 0 Å². The molecular weight excluding hydrogens is 206 g/mol. The molecule has 0 aliphatic rings. The lowest BCUT2D eigenvalue weighted by molar-refractivity contribution is -0.116. The van der Waals surface area contributed by atoms with E-state index in [2.05, 4.69) is 5.32 Å². The summed E-state index contributed by atoms with van der Waals surface area (Å²) in [6.07, 6.45) is 3.93. The zero-order chi connectivity index (χ0) is 11.8. The molecule has 0 atom stereocenters. The van der Waals surface area contributed by atoms with Crippen molar-refractivity contribution in [3.8, 4) is 0 Å². The van der Waals surface area contributed by atoms with Crippen LogP contribution in [0.3, 0.4) is 0 Å². The topological polar surface area (TPSA) is 51.5 Å². The van der Waals surface area contributed by atoms with Crippen LogP contribution in [0, 0.1) is 6.92 Å². The second kappa shape index (κ2) is 6.85. The molecule has 0 aliphatic carbocycles. The van der Waals surface area contributed by atoms with Gasteiger partial charge in [-0.3, -0.25) is 4.79 Å². The lowest BCUT2D eigenvalue weighted by Crippen LogP contribution is -2.22. The van der Waals surface area contributed by atoms with Crippen molar-refractivity contribution in [1.82, 2.24) is 5.32 Å². The van der Waals surface area contributed by atoms with Crippen LogP contribution in [-0.4, -0.2) is 26.2 Å². The predicted octanol–water partition coefficient (Wildman–Crippen LogP) is 1.75. The third-order valence-corrected chi connectivity index (χ3v) is 1.98. The van der Waals surface area contributed by atoms with Crippen LogP contribution >= 0.6 is 0 Å². The normalized spacial score (nSPS) is 10.9.